The number of rotatable bonds is 3. The molecule has 1 N–H and O–H groups in total. The zero-order valence-corrected chi connectivity index (χ0v) is 10.1. The highest BCUT2D eigenvalue weighted by Crippen LogP contribution is 2.29. The molecule has 1 aromatic heterocycles. The van der Waals surface area contributed by atoms with Gasteiger partial charge in [-0.25, -0.2) is 4.68 Å². The molecule has 0 fully saturated rings. The maximum Gasteiger partial charge on any atom is 0.416 e. The Morgan fingerprint density at radius 1 is 1.37 bits per heavy atom. The summed E-state index contributed by atoms with van der Waals surface area (Å²) in [6.07, 6.45) is -3.61. The molecule has 0 spiro atoms. The van der Waals surface area contributed by atoms with Crippen LogP contribution >= 0.6 is 0 Å². The van der Waals surface area contributed by atoms with Crippen LogP contribution in [-0.4, -0.2) is 20.1 Å². The average Bonchev–Trinajstić information content (AvgIpc) is 2.77. The molecule has 0 radical (unpaired) electrons. The third-order valence-corrected chi connectivity index (χ3v) is 2.58. The normalized spacial score (nSPS) is 13.5. The van der Waals surface area contributed by atoms with E-state index in [0.29, 0.717) is 11.3 Å². The van der Waals surface area contributed by atoms with Crippen molar-refractivity contribution in [1.82, 2.24) is 15.0 Å². The molecule has 4 nitrogen and oxygen atoms in total. The second-order valence-corrected chi connectivity index (χ2v) is 4.22. The molecule has 0 bridgehead atoms. The van der Waals surface area contributed by atoms with E-state index in [1.165, 1.54) is 16.9 Å². The fourth-order valence-electron chi connectivity index (χ4n) is 1.62. The van der Waals surface area contributed by atoms with Crippen molar-refractivity contribution in [1.29, 1.82) is 0 Å². The zero-order valence-electron chi connectivity index (χ0n) is 10.1. The van der Waals surface area contributed by atoms with Gasteiger partial charge in [0.25, 0.3) is 0 Å². The molecule has 2 rings (SSSR count). The topological polar surface area (TPSA) is 50.9 Å². The van der Waals surface area contributed by atoms with Gasteiger partial charge in [0, 0.05) is 0 Å². The van der Waals surface area contributed by atoms with Gasteiger partial charge in [-0.1, -0.05) is 17.3 Å². The molecule has 0 aliphatic rings. The van der Waals surface area contributed by atoms with Crippen LogP contribution in [0.5, 0.6) is 0 Å². The highest BCUT2D eigenvalue weighted by molar-refractivity contribution is 5.25. The van der Waals surface area contributed by atoms with Gasteiger partial charge in [0.05, 0.1) is 24.4 Å². The Morgan fingerprint density at radius 2 is 2.11 bits per heavy atom. The molecule has 0 saturated carbocycles. The smallest absolute Gasteiger partial charge is 0.387 e. The van der Waals surface area contributed by atoms with Gasteiger partial charge in [-0.05, 0) is 24.6 Å². The van der Waals surface area contributed by atoms with E-state index in [9.17, 15) is 18.3 Å². The number of aliphatic hydroxyl groups excluding tert-OH is 1. The Labute approximate surface area is 107 Å². The minimum absolute atomic E-state index is 0.170. The number of benzene rings is 1. The Morgan fingerprint density at radius 3 is 2.68 bits per heavy atom. The summed E-state index contributed by atoms with van der Waals surface area (Å²) in [5.74, 6) is 0. The number of aliphatic hydroxyl groups is 1. The van der Waals surface area contributed by atoms with Gasteiger partial charge >= 0.3 is 6.18 Å². The molecule has 1 unspecified atom stereocenters. The van der Waals surface area contributed by atoms with E-state index in [2.05, 4.69) is 10.3 Å². The van der Waals surface area contributed by atoms with Gasteiger partial charge < -0.3 is 5.11 Å². The van der Waals surface area contributed by atoms with Gasteiger partial charge in [-0.15, -0.1) is 5.10 Å². The maximum atomic E-state index is 12.5. The lowest BCUT2D eigenvalue weighted by atomic mass is 10.1. The molecular formula is C12H12F3N3O. The van der Waals surface area contributed by atoms with Crippen molar-refractivity contribution in [2.24, 2.45) is 0 Å². The molecular weight excluding hydrogens is 259 g/mol. The van der Waals surface area contributed by atoms with Crippen molar-refractivity contribution >= 4 is 0 Å². The van der Waals surface area contributed by atoms with E-state index < -0.39 is 17.8 Å². The third kappa shape index (κ3) is 3.31. The predicted molar refractivity (Wildman–Crippen MR) is 61.2 cm³/mol. The summed E-state index contributed by atoms with van der Waals surface area (Å²) in [4.78, 5) is 0. The lowest BCUT2D eigenvalue weighted by Crippen LogP contribution is -2.07. The fourth-order valence-corrected chi connectivity index (χ4v) is 1.62. The quantitative estimate of drug-likeness (QED) is 0.932. The lowest BCUT2D eigenvalue weighted by Gasteiger charge is -2.08. The summed E-state index contributed by atoms with van der Waals surface area (Å²) in [6, 6.07) is 5.03. The van der Waals surface area contributed by atoms with Gasteiger partial charge in [0.15, 0.2) is 0 Å². The van der Waals surface area contributed by atoms with E-state index in [1.807, 2.05) is 0 Å². The first-order valence-electron chi connectivity index (χ1n) is 5.60. The predicted octanol–water partition coefficient (Wildman–Crippen LogP) is 2.40. The number of hydrogen-bond donors (Lipinski definition) is 1. The minimum Gasteiger partial charge on any atom is -0.387 e. The molecule has 0 amide bonds. The van der Waals surface area contributed by atoms with E-state index in [1.54, 1.807) is 13.0 Å². The summed E-state index contributed by atoms with van der Waals surface area (Å²) in [5.41, 5.74) is 0.157. The number of aromatic nitrogens is 3. The summed E-state index contributed by atoms with van der Waals surface area (Å²) in [7, 11) is 0. The molecule has 0 saturated heterocycles. The molecule has 1 aromatic carbocycles. The van der Waals surface area contributed by atoms with Crippen molar-refractivity contribution in [2.45, 2.75) is 25.7 Å². The van der Waals surface area contributed by atoms with Crippen LogP contribution in [0.2, 0.25) is 0 Å². The zero-order chi connectivity index (χ0) is 14.0. The van der Waals surface area contributed by atoms with Crippen molar-refractivity contribution in [3.05, 3.63) is 47.3 Å². The molecule has 19 heavy (non-hydrogen) atoms. The Hall–Kier alpha value is -1.89. The number of nitrogens with zero attached hydrogens (tertiary/aromatic N) is 3. The van der Waals surface area contributed by atoms with E-state index in [4.69, 9.17) is 0 Å². The largest absolute Gasteiger partial charge is 0.416 e. The summed E-state index contributed by atoms with van der Waals surface area (Å²) in [6.45, 7) is 1.71. The molecule has 7 heteroatoms. The molecule has 102 valence electrons. The molecule has 1 heterocycles. The van der Waals surface area contributed by atoms with Crippen LogP contribution in [0.1, 0.15) is 29.8 Å². The first-order valence-corrected chi connectivity index (χ1v) is 5.60. The standard InChI is InChI=1S/C12H12F3N3O/c1-8(19)11-7-18(17-16-11)6-9-3-2-4-10(5-9)12(13,14)15/h2-5,7-8,19H,6H2,1H3. The monoisotopic (exact) mass is 271 g/mol. The average molecular weight is 271 g/mol. The third-order valence-electron chi connectivity index (χ3n) is 2.58. The SMILES string of the molecule is CC(O)c1cn(Cc2cccc(C(F)(F)F)c2)nn1. The van der Waals surface area contributed by atoms with E-state index in [-0.39, 0.29) is 6.54 Å². The molecule has 0 aliphatic heterocycles. The van der Waals surface area contributed by atoms with E-state index in [0.717, 1.165) is 12.1 Å². The van der Waals surface area contributed by atoms with Crippen LogP contribution in [0.3, 0.4) is 0 Å². The summed E-state index contributed by atoms with van der Waals surface area (Å²) < 4.78 is 39.0. The number of halogens is 3. The molecule has 2 aromatic rings. The highest BCUT2D eigenvalue weighted by Gasteiger charge is 2.30. The Balaban J connectivity index is 2.19. The van der Waals surface area contributed by atoms with E-state index >= 15 is 0 Å². The van der Waals surface area contributed by atoms with Crippen molar-refractivity contribution < 1.29 is 18.3 Å². The van der Waals surface area contributed by atoms with Crippen molar-refractivity contribution in [2.75, 3.05) is 0 Å². The van der Waals surface area contributed by atoms with Gasteiger partial charge in [0.1, 0.15) is 5.69 Å². The number of hydrogen-bond acceptors (Lipinski definition) is 3. The first kappa shape index (κ1) is 13.5. The van der Waals surface area contributed by atoms with Gasteiger partial charge in [-0.2, -0.15) is 13.2 Å². The maximum absolute atomic E-state index is 12.5. The minimum atomic E-state index is -4.36. The number of alkyl halides is 3. The fraction of sp³-hybridized carbons (Fsp3) is 0.333. The second kappa shape index (κ2) is 5.00. The Kier molecular flexibility index (Phi) is 3.57. The van der Waals surface area contributed by atoms with Crippen LogP contribution in [0.25, 0.3) is 0 Å². The summed E-state index contributed by atoms with van der Waals surface area (Å²) in [5, 5.41) is 16.8. The first-order chi connectivity index (χ1) is 8.86. The van der Waals surface area contributed by atoms with Crippen LogP contribution in [0.15, 0.2) is 30.5 Å². The second-order valence-electron chi connectivity index (χ2n) is 4.22. The van der Waals surface area contributed by atoms with Crippen LogP contribution < -0.4 is 0 Å². The Bertz CT molecular complexity index is 563. The molecule has 0 aliphatic carbocycles. The summed E-state index contributed by atoms with van der Waals surface area (Å²) >= 11 is 0. The highest BCUT2D eigenvalue weighted by atomic mass is 19.4. The van der Waals surface area contributed by atoms with Crippen LogP contribution in [0.4, 0.5) is 13.2 Å². The van der Waals surface area contributed by atoms with Crippen molar-refractivity contribution in [3.63, 3.8) is 0 Å². The van der Waals surface area contributed by atoms with Gasteiger partial charge in [-0.3, -0.25) is 0 Å². The lowest BCUT2D eigenvalue weighted by molar-refractivity contribution is -0.137. The van der Waals surface area contributed by atoms with Crippen LogP contribution in [-0.2, 0) is 12.7 Å². The van der Waals surface area contributed by atoms with Crippen molar-refractivity contribution in [3.8, 4) is 0 Å². The van der Waals surface area contributed by atoms with Crippen LogP contribution in [0, 0.1) is 0 Å². The molecule has 1 atom stereocenters. The van der Waals surface area contributed by atoms with Gasteiger partial charge in [0.2, 0.25) is 0 Å².